The van der Waals surface area contributed by atoms with E-state index in [1.54, 1.807) is 5.56 Å². The molecule has 1 saturated carbocycles. The van der Waals surface area contributed by atoms with Crippen molar-refractivity contribution in [1.82, 2.24) is 4.90 Å². The van der Waals surface area contributed by atoms with E-state index in [1.165, 1.54) is 37.3 Å². The van der Waals surface area contributed by atoms with E-state index in [-0.39, 0.29) is 5.60 Å². The summed E-state index contributed by atoms with van der Waals surface area (Å²) < 4.78 is 6.34. The van der Waals surface area contributed by atoms with Crippen molar-refractivity contribution in [2.75, 3.05) is 44.2 Å². The molecule has 3 fully saturated rings. The first-order chi connectivity index (χ1) is 14.2. The van der Waals surface area contributed by atoms with Gasteiger partial charge in [0.05, 0.1) is 5.60 Å². The van der Waals surface area contributed by atoms with Gasteiger partial charge in [0.2, 0.25) is 0 Å². The van der Waals surface area contributed by atoms with Crippen LogP contribution in [0.15, 0.2) is 54.6 Å². The van der Waals surface area contributed by atoms with E-state index in [0.29, 0.717) is 5.41 Å². The van der Waals surface area contributed by atoms with Crippen molar-refractivity contribution in [1.29, 1.82) is 0 Å². The quantitative estimate of drug-likeness (QED) is 0.704. The van der Waals surface area contributed by atoms with E-state index in [0.717, 1.165) is 38.5 Å². The zero-order valence-corrected chi connectivity index (χ0v) is 17.9. The fourth-order valence-electron chi connectivity index (χ4n) is 5.94. The average molecular weight is 391 g/mol. The van der Waals surface area contributed by atoms with E-state index >= 15 is 0 Å². The Morgan fingerprint density at radius 3 is 2.28 bits per heavy atom. The molecule has 0 spiro atoms. The van der Waals surface area contributed by atoms with E-state index in [1.807, 2.05) is 0 Å². The van der Waals surface area contributed by atoms with Crippen LogP contribution in [0.5, 0.6) is 0 Å². The molecule has 2 atom stereocenters. The lowest BCUT2D eigenvalue weighted by atomic mass is 9.84. The van der Waals surface area contributed by atoms with Crippen molar-refractivity contribution in [3.05, 3.63) is 65.7 Å². The summed E-state index contributed by atoms with van der Waals surface area (Å²) in [5.74, 6) is 0.890. The van der Waals surface area contributed by atoms with Gasteiger partial charge in [-0.15, -0.1) is 0 Å². The molecule has 5 rings (SSSR count). The topological polar surface area (TPSA) is 15.7 Å². The second kappa shape index (κ2) is 7.45. The van der Waals surface area contributed by atoms with Crippen LogP contribution in [0.1, 0.15) is 44.2 Å². The number of likely N-dealkylation sites (tertiary alicyclic amines) is 1. The fraction of sp³-hybridized carbons (Fsp3) is 0.538. The third-order valence-electron chi connectivity index (χ3n) is 7.76. The first kappa shape index (κ1) is 19.1. The van der Waals surface area contributed by atoms with Gasteiger partial charge in [0.1, 0.15) is 0 Å². The minimum atomic E-state index is -0.125. The van der Waals surface area contributed by atoms with Crippen LogP contribution in [-0.2, 0) is 15.8 Å². The van der Waals surface area contributed by atoms with Crippen LogP contribution >= 0.6 is 0 Å². The summed E-state index contributed by atoms with van der Waals surface area (Å²) in [6.45, 7) is 11.0. The highest BCUT2D eigenvalue weighted by Crippen LogP contribution is 2.59. The smallest absolute Gasteiger partial charge is 0.0964 e. The number of piperidine rings is 2. The van der Waals surface area contributed by atoms with Gasteiger partial charge in [0.25, 0.3) is 0 Å². The molecule has 2 saturated heterocycles. The number of rotatable bonds is 6. The maximum Gasteiger partial charge on any atom is 0.0964 e. The molecule has 0 bridgehead atoms. The maximum atomic E-state index is 6.34. The SMILES string of the molecule is CCOC1(c2ccccc2)CCN(c2ccc(C34CC3CN(CC)C4)cc2)CC1. The van der Waals surface area contributed by atoms with Gasteiger partial charge < -0.3 is 14.5 Å². The Balaban J connectivity index is 1.28. The Hall–Kier alpha value is -1.84. The Labute approximate surface area is 175 Å². The standard InChI is InChI=1S/C26H34N2O/c1-3-27-19-23-18-25(23,20-27)21-10-12-24(13-11-21)28-16-14-26(15-17-28,29-4-2)22-8-6-5-7-9-22/h5-13,23H,3-4,14-20H2,1-2H3. The van der Waals surface area contributed by atoms with Gasteiger partial charge >= 0.3 is 0 Å². The Morgan fingerprint density at radius 1 is 0.931 bits per heavy atom. The summed E-state index contributed by atoms with van der Waals surface area (Å²) in [4.78, 5) is 5.16. The van der Waals surface area contributed by atoms with E-state index in [4.69, 9.17) is 4.74 Å². The number of likely N-dealkylation sites (N-methyl/N-ethyl adjacent to an activating group) is 1. The van der Waals surface area contributed by atoms with E-state index in [9.17, 15) is 0 Å². The highest BCUT2D eigenvalue weighted by Gasteiger charge is 2.60. The van der Waals surface area contributed by atoms with Crippen molar-refractivity contribution in [3.8, 4) is 0 Å². The van der Waals surface area contributed by atoms with Crippen LogP contribution < -0.4 is 4.90 Å². The minimum Gasteiger partial charge on any atom is -0.371 e. The summed E-state index contributed by atoms with van der Waals surface area (Å²) >= 11 is 0. The molecule has 1 aliphatic carbocycles. The van der Waals surface area contributed by atoms with Crippen LogP contribution in [0.3, 0.4) is 0 Å². The van der Waals surface area contributed by atoms with Crippen LogP contribution in [0.2, 0.25) is 0 Å². The second-order valence-corrected chi connectivity index (χ2v) is 9.21. The third kappa shape index (κ3) is 3.29. The second-order valence-electron chi connectivity index (χ2n) is 9.21. The molecule has 154 valence electrons. The summed E-state index contributed by atoms with van der Waals surface area (Å²) in [6.07, 6.45) is 3.48. The number of ether oxygens (including phenoxy) is 1. The first-order valence-electron chi connectivity index (χ1n) is 11.5. The molecule has 0 aromatic heterocycles. The molecule has 0 radical (unpaired) electrons. The minimum absolute atomic E-state index is 0.125. The van der Waals surface area contributed by atoms with Gasteiger partial charge in [-0.3, -0.25) is 0 Å². The molecular weight excluding hydrogens is 356 g/mol. The van der Waals surface area contributed by atoms with Crippen LogP contribution in [0.25, 0.3) is 0 Å². The molecule has 3 aliphatic rings. The van der Waals surface area contributed by atoms with Crippen molar-refractivity contribution in [2.24, 2.45) is 5.92 Å². The number of nitrogens with zero attached hydrogens (tertiary/aromatic N) is 2. The summed E-state index contributed by atoms with van der Waals surface area (Å²) in [6, 6.07) is 20.4. The molecule has 3 nitrogen and oxygen atoms in total. The highest BCUT2D eigenvalue weighted by molar-refractivity contribution is 5.51. The summed E-state index contributed by atoms with van der Waals surface area (Å²) in [5, 5.41) is 0. The maximum absolute atomic E-state index is 6.34. The summed E-state index contributed by atoms with van der Waals surface area (Å²) in [7, 11) is 0. The molecule has 2 unspecified atom stereocenters. The fourth-order valence-corrected chi connectivity index (χ4v) is 5.94. The Kier molecular flexibility index (Phi) is 4.92. The average Bonchev–Trinajstić information content (AvgIpc) is 3.36. The number of benzene rings is 2. The lowest BCUT2D eigenvalue weighted by Crippen LogP contribution is -2.44. The Bertz CT molecular complexity index is 826. The molecule has 0 amide bonds. The predicted octanol–water partition coefficient (Wildman–Crippen LogP) is 4.81. The molecule has 29 heavy (non-hydrogen) atoms. The summed E-state index contributed by atoms with van der Waals surface area (Å²) in [5.41, 5.74) is 4.60. The van der Waals surface area contributed by atoms with Crippen LogP contribution in [0, 0.1) is 5.92 Å². The lowest BCUT2D eigenvalue weighted by molar-refractivity contribution is -0.0617. The molecule has 2 aromatic carbocycles. The normalized spacial score (nSPS) is 28.3. The van der Waals surface area contributed by atoms with Crippen molar-refractivity contribution < 1.29 is 4.74 Å². The number of hydrogen-bond acceptors (Lipinski definition) is 3. The van der Waals surface area contributed by atoms with Gasteiger partial charge in [-0.2, -0.15) is 0 Å². The monoisotopic (exact) mass is 390 g/mol. The van der Waals surface area contributed by atoms with Crippen molar-refractivity contribution in [3.63, 3.8) is 0 Å². The van der Waals surface area contributed by atoms with Crippen molar-refractivity contribution in [2.45, 2.75) is 44.1 Å². The number of hydrogen-bond donors (Lipinski definition) is 0. The zero-order chi connectivity index (χ0) is 19.9. The van der Waals surface area contributed by atoms with Gasteiger partial charge in [0, 0.05) is 43.9 Å². The predicted molar refractivity (Wildman–Crippen MR) is 120 cm³/mol. The van der Waals surface area contributed by atoms with Crippen molar-refractivity contribution >= 4 is 5.69 Å². The van der Waals surface area contributed by atoms with Gasteiger partial charge in [-0.05, 0) is 61.9 Å². The number of fused-ring (bicyclic) bond motifs is 1. The highest BCUT2D eigenvalue weighted by atomic mass is 16.5. The molecular formula is C26H34N2O. The zero-order valence-electron chi connectivity index (χ0n) is 17.9. The Morgan fingerprint density at radius 2 is 1.66 bits per heavy atom. The molecule has 2 aliphatic heterocycles. The van der Waals surface area contributed by atoms with E-state index in [2.05, 4.69) is 78.2 Å². The van der Waals surface area contributed by atoms with Gasteiger partial charge in [-0.25, -0.2) is 0 Å². The van der Waals surface area contributed by atoms with Gasteiger partial charge in [0.15, 0.2) is 0 Å². The van der Waals surface area contributed by atoms with Crippen LogP contribution in [0.4, 0.5) is 5.69 Å². The molecule has 2 heterocycles. The lowest BCUT2D eigenvalue weighted by Gasteiger charge is -2.43. The molecule has 0 N–H and O–H groups in total. The first-order valence-corrected chi connectivity index (χ1v) is 11.5. The van der Waals surface area contributed by atoms with Crippen LogP contribution in [-0.4, -0.2) is 44.2 Å². The molecule has 2 aromatic rings. The van der Waals surface area contributed by atoms with E-state index < -0.39 is 0 Å². The third-order valence-corrected chi connectivity index (χ3v) is 7.76. The van der Waals surface area contributed by atoms with Gasteiger partial charge in [-0.1, -0.05) is 49.4 Å². The number of anilines is 1. The largest absolute Gasteiger partial charge is 0.371 e. The molecule has 3 heteroatoms.